The number of carbonyl (C=O) groups excluding carboxylic acids is 4. The van der Waals surface area contributed by atoms with Crippen LogP contribution in [0.15, 0.2) is 91.0 Å². The standard InChI is InChI=1S/C42H42Cl2N4O8/c43-32-11-6-12-36(40(32)44)54-25-38(50)45-33(21-27-7-2-1-3-8-27)34(49)24-48(39(51)17-20-47-41(52)30-9-4-5-10-31(30)42(47)53)29-15-18-46(19-16-29)23-28-13-14-35-37(22-28)56-26-55-35/h1-14,22,29,33-34,49H,15-21,23-26H2,(H,45,50). The van der Waals surface area contributed by atoms with E-state index in [1.165, 1.54) is 0 Å². The summed E-state index contributed by atoms with van der Waals surface area (Å²) in [4.78, 5) is 58.8. The lowest BCUT2D eigenvalue weighted by Gasteiger charge is -2.40. The Hall–Kier alpha value is -5.14. The SMILES string of the molecule is O=C(COc1cccc(Cl)c1Cl)NC(Cc1ccccc1)C(O)CN(C(=O)CCN1C(=O)c2ccccc2C1=O)C1CCN(Cc2ccc3c(c2)OCO3)CC1. The van der Waals surface area contributed by atoms with Crippen molar-refractivity contribution in [1.29, 1.82) is 0 Å². The Labute approximate surface area is 334 Å². The number of aliphatic hydroxyl groups is 1. The highest BCUT2D eigenvalue weighted by atomic mass is 35.5. The first-order valence-electron chi connectivity index (χ1n) is 18.6. The summed E-state index contributed by atoms with van der Waals surface area (Å²) in [5, 5.41) is 15.3. The third kappa shape index (κ3) is 9.11. The van der Waals surface area contributed by atoms with Crippen molar-refractivity contribution in [3.63, 3.8) is 0 Å². The van der Waals surface area contributed by atoms with Crippen molar-refractivity contribution >= 4 is 46.8 Å². The number of likely N-dealkylation sites (tertiary alicyclic amines) is 1. The zero-order valence-corrected chi connectivity index (χ0v) is 32.1. The molecule has 0 aromatic heterocycles. The minimum absolute atomic E-state index is 0.0907. The number of nitrogens with one attached hydrogen (secondary N) is 1. The Morgan fingerprint density at radius 1 is 0.875 bits per heavy atom. The predicted octanol–water partition coefficient (Wildman–Crippen LogP) is 5.37. The van der Waals surface area contributed by atoms with Crippen molar-refractivity contribution in [1.82, 2.24) is 20.0 Å². The lowest BCUT2D eigenvalue weighted by molar-refractivity contribution is -0.137. The summed E-state index contributed by atoms with van der Waals surface area (Å²) in [6, 6.07) is 25.7. The molecule has 14 heteroatoms. The summed E-state index contributed by atoms with van der Waals surface area (Å²) in [5.41, 5.74) is 2.58. The van der Waals surface area contributed by atoms with Crippen molar-refractivity contribution in [2.24, 2.45) is 0 Å². The van der Waals surface area contributed by atoms with E-state index in [2.05, 4.69) is 10.2 Å². The van der Waals surface area contributed by atoms with Gasteiger partial charge >= 0.3 is 0 Å². The summed E-state index contributed by atoms with van der Waals surface area (Å²) in [6.45, 7) is 1.68. The van der Waals surface area contributed by atoms with Gasteiger partial charge in [0.1, 0.15) is 10.8 Å². The van der Waals surface area contributed by atoms with Gasteiger partial charge in [0.05, 0.1) is 28.3 Å². The Kier molecular flexibility index (Phi) is 12.4. The Morgan fingerprint density at radius 2 is 1.57 bits per heavy atom. The highest BCUT2D eigenvalue weighted by Gasteiger charge is 2.37. The highest BCUT2D eigenvalue weighted by molar-refractivity contribution is 6.42. The zero-order valence-electron chi connectivity index (χ0n) is 30.6. The van der Waals surface area contributed by atoms with Gasteiger partial charge in [-0.25, -0.2) is 0 Å². The van der Waals surface area contributed by atoms with Crippen LogP contribution >= 0.6 is 23.2 Å². The van der Waals surface area contributed by atoms with Crippen LogP contribution in [0.1, 0.15) is 51.1 Å². The molecule has 3 aliphatic heterocycles. The fraction of sp³-hybridized carbons (Fsp3) is 0.333. The minimum Gasteiger partial charge on any atom is -0.482 e. The van der Waals surface area contributed by atoms with Crippen LogP contribution in [0, 0.1) is 0 Å². The Balaban J connectivity index is 1.05. The number of rotatable bonds is 15. The van der Waals surface area contributed by atoms with E-state index >= 15 is 0 Å². The van der Waals surface area contributed by atoms with Gasteiger partial charge in [0.15, 0.2) is 18.1 Å². The Bertz CT molecular complexity index is 2040. The van der Waals surface area contributed by atoms with Crippen LogP contribution in [-0.2, 0) is 22.6 Å². The molecule has 0 aliphatic carbocycles. The van der Waals surface area contributed by atoms with Crippen LogP contribution in [0.3, 0.4) is 0 Å². The summed E-state index contributed by atoms with van der Waals surface area (Å²) in [5.74, 6) is 0.0101. The zero-order chi connectivity index (χ0) is 39.2. The summed E-state index contributed by atoms with van der Waals surface area (Å²) < 4.78 is 16.7. The lowest BCUT2D eigenvalue weighted by atomic mass is 9.97. The molecule has 0 spiro atoms. The number of hydrogen-bond donors (Lipinski definition) is 2. The number of aliphatic hydroxyl groups excluding tert-OH is 1. The molecule has 3 heterocycles. The fourth-order valence-electron chi connectivity index (χ4n) is 7.40. The van der Waals surface area contributed by atoms with E-state index in [4.69, 9.17) is 37.4 Å². The second-order valence-electron chi connectivity index (χ2n) is 14.1. The highest BCUT2D eigenvalue weighted by Crippen LogP contribution is 2.34. The average Bonchev–Trinajstić information content (AvgIpc) is 3.78. The first-order valence-corrected chi connectivity index (χ1v) is 19.3. The van der Waals surface area contributed by atoms with E-state index in [1.807, 2.05) is 48.5 Å². The number of hydrogen-bond acceptors (Lipinski definition) is 9. The van der Waals surface area contributed by atoms with Crippen molar-refractivity contribution in [3.05, 3.63) is 123 Å². The van der Waals surface area contributed by atoms with E-state index in [9.17, 15) is 24.3 Å². The molecular weight excluding hydrogens is 759 g/mol. The van der Waals surface area contributed by atoms with Crippen LogP contribution in [0.2, 0.25) is 10.0 Å². The van der Waals surface area contributed by atoms with Crippen LogP contribution in [0.25, 0.3) is 0 Å². The summed E-state index contributed by atoms with van der Waals surface area (Å²) in [6.07, 6.45) is 0.208. The van der Waals surface area contributed by atoms with Gasteiger partial charge < -0.3 is 29.5 Å². The molecule has 1 fully saturated rings. The van der Waals surface area contributed by atoms with Gasteiger partial charge in [0, 0.05) is 45.2 Å². The normalized spacial score (nSPS) is 16.4. The second-order valence-corrected chi connectivity index (χ2v) is 14.9. The molecule has 4 aromatic rings. The molecule has 2 unspecified atom stereocenters. The lowest BCUT2D eigenvalue weighted by Crippen LogP contribution is -2.55. The molecule has 2 N–H and O–H groups in total. The molecule has 7 rings (SSSR count). The predicted molar refractivity (Wildman–Crippen MR) is 209 cm³/mol. The monoisotopic (exact) mass is 800 g/mol. The molecule has 0 saturated carbocycles. The van der Waals surface area contributed by atoms with Crippen LogP contribution in [-0.4, -0.2) is 101 Å². The number of imide groups is 1. The van der Waals surface area contributed by atoms with Crippen molar-refractivity contribution in [2.45, 2.75) is 50.4 Å². The molecule has 4 amide bonds. The van der Waals surface area contributed by atoms with Crippen molar-refractivity contribution < 1.29 is 38.5 Å². The van der Waals surface area contributed by atoms with Gasteiger partial charge in [-0.1, -0.05) is 77.8 Å². The van der Waals surface area contributed by atoms with E-state index in [1.54, 1.807) is 47.4 Å². The van der Waals surface area contributed by atoms with E-state index in [-0.39, 0.29) is 67.1 Å². The van der Waals surface area contributed by atoms with Gasteiger partial charge in [-0.2, -0.15) is 0 Å². The van der Waals surface area contributed by atoms with Gasteiger partial charge in [0.25, 0.3) is 17.7 Å². The molecule has 12 nitrogen and oxygen atoms in total. The molecule has 0 radical (unpaired) electrons. The van der Waals surface area contributed by atoms with E-state index < -0.39 is 29.9 Å². The number of halogens is 2. The maximum absolute atomic E-state index is 14.2. The minimum atomic E-state index is -1.19. The number of benzene rings is 4. The molecule has 4 aromatic carbocycles. The molecule has 1 saturated heterocycles. The quantitative estimate of drug-likeness (QED) is 0.152. The average molecular weight is 802 g/mol. The Morgan fingerprint density at radius 3 is 2.30 bits per heavy atom. The van der Waals surface area contributed by atoms with Gasteiger partial charge in [-0.15, -0.1) is 0 Å². The van der Waals surface area contributed by atoms with Crippen LogP contribution in [0.4, 0.5) is 0 Å². The third-order valence-corrected chi connectivity index (χ3v) is 11.2. The van der Waals surface area contributed by atoms with Crippen LogP contribution in [0.5, 0.6) is 17.2 Å². The molecule has 292 valence electrons. The smallest absolute Gasteiger partial charge is 0.261 e. The van der Waals surface area contributed by atoms with Crippen molar-refractivity contribution in [2.75, 3.05) is 39.6 Å². The first-order chi connectivity index (χ1) is 27.1. The summed E-state index contributed by atoms with van der Waals surface area (Å²) >= 11 is 12.4. The summed E-state index contributed by atoms with van der Waals surface area (Å²) in [7, 11) is 0. The molecule has 3 aliphatic rings. The van der Waals surface area contributed by atoms with Crippen LogP contribution < -0.4 is 19.5 Å². The van der Waals surface area contributed by atoms with E-state index in [0.29, 0.717) is 43.6 Å². The third-order valence-electron chi connectivity index (χ3n) is 10.4. The van der Waals surface area contributed by atoms with E-state index in [0.717, 1.165) is 27.5 Å². The molecule has 2 atom stereocenters. The maximum atomic E-state index is 14.2. The molecule has 56 heavy (non-hydrogen) atoms. The fourth-order valence-corrected chi connectivity index (χ4v) is 7.75. The number of ether oxygens (including phenoxy) is 3. The topological polar surface area (TPSA) is 138 Å². The van der Waals surface area contributed by atoms with Gasteiger partial charge in [-0.3, -0.25) is 29.0 Å². The molecule has 0 bridgehead atoms. The number of amides is 4. The second kappa shape index (κ2) is 17.8. The number of fused-ring (bicyclic) bond motifs is 2. The maximum Gasteiger partial charge on any atom is 0.261 e. The molecular formula is C42H42Cl2N4O8. The van der Waals surface area contributed by atoms with Gasteiger partial charge in [0.2, 0.25) is 12.7 Å². The number of piperidine rings is 1. The largest absolute Gasteiger partial charge is 0.482 e. The van der Waals surface area contributed by atoms with Gasteiger partial charge in [-0.05, 0) is 66.8 Å². The van der Waals surface area contributed by atoms with Crippen molar-refractivity contribution in [3.8, 4) is 17.2 Å². The first kappa shape index (κ1) is 39.1. The number of carbonyl (C=O) groups is 4. The number of nitrogens with zero attached hydrogens (tertiary/aromatic N) is 3.